The van der Waals surface area contributed by atoms with Gasteiger partial charge < -0.3 is 0 Å². The predicted octanol–water partition coefficient (Wildman–Crippen LogP) is 4.62. The second kappa shape index (κ2) is 5.72. The summed E-state index contributed by atoms with van der Waals surface area (Å²) in [6, 6.07) is 6.43. The summed E-state index contributed by atoms with van der Waals surface area (Å²) in [6.07, 6.45) is 5.02. The molecule has 0 unspecified atom stereocenters. The zero-order valence-corrected chi connectivity index (χ0v) is 14.0. The lowest BCUT2D eigenvalue weighted by atomic mass is 9.83. The topological polar surface area (TPSA) is 17.1 Å². The minimum atomic E-state index is 0.872. The summed E-state index contributed by atoms with van der Waals surface area (Å²) in [4.78, 5) is 11.4. The Morgan fingerprint density at radius 2 is 1.32 bits per heavy atom. The Hall–Kier alpha value is -1.89. The molecule has 4 aliphatic carbocycles. The van der Waals surface area contributed by atoms with E-state index in [9.17, 15) is 4.79 Å². The molecule has 6 rings (SSSR count). The summed E-state index contributed by atoms with van der Waals surface area (Å²) < 4.78 is 0. The molecule has 0 saturated carbocycles. The molecule has 0 N–H and O–H groups in total. The van der Waals surface area contributed by atoms with Crippen molar-refractivity contribution in [3.05, 3.63) is 68.3 Å². The molecule has 0 aliphatic heterocycles. The van der Waals surface area contributed by atoms with Gasteiger partial charge in [0, 0.05) is 5.56 Å². The Kier molecular flexibility index (Phi) is 3.90. The molecule has 2 aromatic rings. The maximum atomic E-state index is 11.4. The van der Waals surface area contributed by atoms with Crippen molar-refractivity contribution in [2.45, 2.75) is 53.4 Å². The molecule has 114 valence electrons. The Morgan fingerprint density at radius 1 is 0.773 bits per heavy atom. The molecule has 1 nitrogen and oxygen atoms in total. The quantitative estimate of drug-likeness (QED) is 0.701. The second-order valence-electron chi connectivity index (χ2n) is 6.61. The lowest BCUT2D eigenvalue weighted by Gasteiger charge is -2.22. The summed E-state index contributed by atoms with van der Waals surface area (Å²) in [7, 11) is 0. The van der Waals surface area contributed by atoms with Crippen LogP contribution in [0.3, 0.4) is 0 Å². The van der Waals surface area contributed by atoms with Crippen LogP contribution in [0.15, 0.2) is 18.2 Å². The first kappa shape index (κ1) is 15.0. The van der Waals surface area contributed by atoms with Crippen LogP contribution < -0.4 is 0 Å². The third kappa shape index (κ3) is 2.39. The van der Waals surface area contributed by atoms with Gasteiger partial charge in [-0.1, -0.05) is 12.1 Å². The van der Waals surface area contributed by atoms with Gasteiger partial charge >= 0.3 is 0 Å². The second-order valence-corrected chi connectivity index (χ2v) is 6.61. The van der Waals surface area contributed by atoms with Gasteiger partial charge in [0.25, 0.3) is 0 Å². The maximum absolute atomic E-state index is 11.4. The zero-order valence-electron chi connectivity index (χ0n) is 14.0. The molecule has 0 amide bonds. The average Bonchev–Trinajstić information content (AvgIpc) is 2.52. The van der Waals surface area contributed by atoms with Crippen LogP contribution in [0.2, 0.25) is 0 Å². The molecule has 22 heavy (non-hydrogen) atoms. The fraction of sp³-hybridized carbons (Fsp3) is 0.381. The van der Waals surface area contributed by atoms with Crippen LogP contribution in [0, 0.1) is 27.7 Å². The molecule has 1 heteroatoms. The number of aldehydes is 1. The van der Waals surface area contributed by atoms with Gasteiger partial charge in [-0.2, -0.15) is 0 Å². The Bertz CT molecular complexity index is 724. The molecular formula is C21H24O. The summed E-state index contributed by atoms with van der Waals surface area (Å²) in [5.74, 6) is 0. The average molecular weight is 292 g/mol. The highest BCUT2D eigenvalue weighted by molar-refractivity contribution is 5.77. The third-order valence-corrected chi connectivity index (χ3v) is 5.58. The van der Waals surface area contributed by atoms with Gasteiger partial charge in [-0.15, -0.1) is 0 Å². The molecule has 4 bridgehead atoms. The van der Waals surface area contributed by atoms with Gasteiger partial charge in [-0.3, -0.25) is 4.79 Å². The SMILES string of the molecule is Cc1c(C)c2c(C)c(C)c1CCc1ccc(c(C=O)c1)CC2. The molecule has 0 fully saturated rings. The Labute approximate surface area is 133 Å². The van der Waals surface area contributed by atoms with Gasteiger partial charge in [-0.05, 0) is 104 Å². The van der Waals surface area contributed by atoms with E-state index in [1.807, 2.05) is 0 Å². The first-order valence-electron chi connectivity index (χ1n) is 8.18. The van der Waals surface area contributed by atoms with E-state index in [1.54, 1.807) is 0 Å². The molecular weight excluding hydrogens is 268 g/mol. The van der Waals surface area contributed by atoms with E-state index in [1.165, 1.54) is 44.5 Å². The number of carbonyl (C=O) groups is 1. The molecule has 0 aromatic heterocycles. The highest BCUT2D eigenvalue weighted by Crippen LogP contribution is 2.30. The van der Waals surface area contributed by atoms with E-state index in [0.29, 0.717) is 0 Å². The van der Waals surface area contributed by atoms with Crippen molar-refractivity contribution in [2.75, 3.05) is 0 Å². The monoisotopic (exact) mass is 292 g/mol. The zero-order chi connectivity index (χ0) is 15.9. The van der Waals surface area contributed by atoms with Crippen LogP contribution in [0.25, 0.3) is 0 Å². The maximum Gasteiger partial charge on any atom is 0.150 e. The number of aryl methyl sites for hydroxylation is 2. The molecule has 0 radical (unpaired) electrons. The van der Waals surface area contributed by atoms with Gasteiger partial charge in [0.2, 0.25) is 0 Å². The molecule has 0 spiro atoms. The van der Waals surface area contributed by atoms with E-state index in [-0.39, 0.29) is 0 Å². The van der Waals surface area contributed by atoms with Crippen molar-refractivity contribution in [3.63, 3.8) is 0 Å². The molecule has 2 aromatic carbocycles. The van der Waals surface area contributed by atoms with Crippen molar-refractivity contribution in [2.24, 2.45) is 0 Å². The summed E-state index contributed by atoms with van der Waals surface area (Å²) in [5, 5.41) is 0. The lowest BCUT2D eigenvalue weighted by Crippen LogP contribution is -2.10. The Balaban J connectivity index is 2.18. The lowest BCUT2D eigenvalue weighted by molar-refractivity contribution is 0.112. The van der Waals surface area contributed by atoms with Crippen molar-refractivity contribution in [1.29, 1.82) is 0 Å². The van der Waals surface area contributed by atoms with Crippen LogP contribution in [-0.4, -0.2) is 6.29 Å². The number of carbonyl (C=O) groups excluding carboxylic acids is 1. The number of rotatable bonds is 1. The molecule has 0 atom stereocenters. The number of hydrogen-bond donors (Lipinski definition) is 0. The highest BCUT2D eigenvalue weighted by Gasteiger charge is 2.16. The van der Waals surface area contributed by atoms with Gasteiger partial charge in [0.05, 0.1) is 0 Å². The van der Waals surface area contributed by atoms with Crippen LogP contribution in [-0.2, 0) is 25.7 Å². The fourth-order valence-corrected chi connectivity index (χ4v) is 3.88. The fourth-order valence-electron chi connectivity index (χ4n) is 3.88. The first-order valence-corrected chi connectivity index (χ1v) is 8.18. The van der Waals surface area contributed by atoms with E-state index in [4.69, 9.17) is 0 Å². The van der Waals surface area contributed by atoms with Gasteiger partial charge in [0.15, 0.2) is 0 Å². The van der Waals surface area contributed by atoms with E-state index >= 15 is 0 Å². The minimum Gasteiger partial charge on any atom is -0.298 e. The smallest absolute Gasteiger partial charge is 0.150 e. The Morgan fingerprint density at radius 3 is 1.86 bits per heavy atom. The van der Waals surface area contributed by atoms with Crippen LogP contribution >= 0.6 is 0 Å². The number of hydrogen-bond acceptors (Lipinski definition) is 1. The third-order valence-electron chi connectivity index (χ3n) is 5.58. The predicted molar refractivity (Wildman–Crippen MR) is 92.0 cm³/mol. The minimum absolute atomic E-state index is 0.872. The summed E-state index contributed by atoms with van der Waals surface area (Å²) in [6.45, 7) is 9.05. The van der Waals surface area contributed by atoms with Gasteiger partial charge in [0.1, 0.15) is 6.29 Å². The standard InChI is InChI=1S/C21H24O/c1-13-15(3)21-10-8-18-7-5-17(11-19(18)12-22)6-9-20(13)14(2)16(21)4/h5,7,11-12H,6,8-10H2,1-4H3. The van der Waals surface area contributed by atoms with Crippen molar-refractivity contribution >= 4 is 6.29 Å². The normalized spacial score (nSPS) is 13.8. The van der Waals surface area contributed by atoms with E-state index in [0.717, 1.165) is 37.5 Å². The van der Waals surface area contributed by atoms with Crippen molar-refractivity contribution < 1.29 is 4.79 Å². The van der Waals surface area contributed by atoms with E-state index in [2.05, 4.69) is 45.9 Å². The molecule has 0 saturated heterocycles. The van der Waals surface area contributed by atoms with Crippen molar-refractivity contribution in [3.8, 4) is 0 Å². The van der Waals surface area contributed by atoms with Crippen LogP contribution in [0.1, 0.15) is 54.9 Å². The summed E-state index contributed by atoms with van der Waals surface area (Å²) >= 11 is 0. The van der Waals surface area contributed by atoms with Crippen molar-refractivity contribution in [1.82, 2.24) is 0 Å². The number of benzene rings is 2. The van der Waals surface area contributed by atoms with Crippen LogP contribution in [0.5, 0.6) is 0 Å². The van der Waals surface area contributed by atoms with E-state index < -0.39 is 0 Å². The first-order chi connectivity index (χ1) is 10.5. The van der Waals surface area contributed by atoms with Gasteiger partial charge in [-0.25, -0.2) is 0 Å². The summed E-state index contributed by atoms with van der Waals surface area (Å²) in [5.41, 5.74) is 12.1. The van der Waals surface area contributed by atoms with Crippen LogP contribution in [0.4, 0.5) is 0 Å². The largest absolute Gasteiger partial charge is 0.298 e. The molecule has 0 heterocycles. The molecule has 4 aliphatic rings. The highest BCUT2D eigenvalue weighted by atomic mass is 16.1.